The lowest BCUT2D eigenvalue weighted by molar-refractivity contribution is 0.627. The van der Waals surface area contributed by atoms with Crippen LogP contribution in [0.2, 0.25) is 0 Å². The van der Waals surface area contributed by atoms with Crippen molar-refractivity contribution in [1.29, 1.82) is 0 Å². The van der Waals surface area contributed by atoms with Crippen LogP contribution in [-0.2, 0) is 0 Å². The fourth-order valence-corrected chi connectivity index (χ4v) is 2.96. The number of anilines is 1. The van der Waals surface area contributed by atoms with Crippen molar-refractivity contribution >= 4 is 5.69 Å². The highest BCUT2D eigenvalue weighted by Crippen LogP contribution is 2.24. The Hall–Kier alpha value is -1.87. The molecule has 0 aliphatic carbocycles. The van der Waals surface area contributed by atoms with Crippen molar-refractivity contribution in [1.82, 2.24) is 0 Å². The Balaban J connectivity index is 2.18. The summed E-state index contributed by atoms with van der Waals surface area (Å²) >= 11 is 0. The first-order chi connectivity index (χ1) is 9.88. The topological polar surface area (TPSA) is 29.3 Å². The third-order valence-corrected chi connectivity index (χ3v) is 3.85. The minimum Gasteiger partial charge on any atom is -0.373 e. The predicted molar refractivity (Wildman–Crippen MR) is 87.3 cm³/mol. The summed E-state index contributed by atoms with van der Waals surface area (Å²) in [5.74, 6) is -0.221. The molecule has 2 rings (SSSR count). The molecular formula is C18H23FN2. The second-order valence-electron chi connectivity index (χ2n) is 5.78. The van der Waals surface area contributed by atoms with E-state index in [1.165, 1.54) is 34.4 Å². The van der Waals surface area contributed by atoms with Gasteiger partial charge in [-0.3, -0.25) is 0 Å². The third-order valence-electron chi connectivity index (χ3n) is 3.85. The first-order valence-corrected chi connectivity index (χ1v) is 7.18. The highest BCUT2D eigenvalue weighted by molar-refractivity contribution is 5.47. The van der Waals surface area contributed by atoms with E-state index in [1.807, 2.05) is 7.05 Å². The van der Waals surface area contributed by atoms with Crippen LogP contribution in [0.15, 0.2) is 36.4 Å². The molecule has 1 atom stereocenters. The lowest BCUT2D eigenvalue weighted by Crippen LogP contribution is -2.30. The van der Waals surface area contributed by atoms with Gasteiger partial charge in [0, 0.05) is 25.3 Å². The Morgan fingerprint density at radius 1 is 1.05 bits per heavy atom. The number of likely N-dealkylation sites (N-methyl/N-ethyl adjacent to an activating group) is 1. The maximum atomic E-state index is 13.0. The van der Waals surface area contributed by atoms with Gasteiger partial charge in [-0.05, 0) is 61.7 Å². The van der Waals surface area contributed by atoms with Gasteiger partial charge in [0.2, 0.25) is 0 Å². The lowest BCUT2D eigenvalue weighted by atomic mass is 9.94. The predicted octanol–water partition coefficient (Wildman–Crippen LogP) is 3.89. The quantitative estimate of drug-likeness (QED) is 0.924. The molecule has 0 fully saturated rings. The molecule has 0 saturated carbocycles. The minimum absolute atomic E-state index is 0.0688. The first kappa shape index (κ1) is 15.5. The van der Waals surface area contributed by atoms with Crippen LogP contribution < -0.4 is 10.6 Å². The van der Waals surface area contributed by atoms with E-state index >= 15 is 0 Å². The van der Waals surface area contributed by atoms with Crippen LogP contribution in [0.3, 0.4) is 0 Å². The molecule has 0 heterocycles. The molecular weight excluding hydrogens is 263 g/mol. The third kappa shape index (κ3) is 3.61. The molecule has 21 heavy (non-hydrogen) atoms. The largest absolute Gasteiger partial charge is 0.373 e. The van der Waals surface area contributed by atoms with Crippen LogP contribution in [-0.4, -0.2) is 13.6 Å². The number of nitrogens with zero attached hydrogens (tertiary/aromatic N) is 1. The molecule has 0 aliphatic heterocycles. The highest BCUT2D eigenvalue weighted by Gasteiger charge is 2.15. The molecule has 0 saturated heterocycles. The minimum atomic E-state index is -0.221. The van der Waals surface area contributed by atoms with Crippen molar-refractivity contribution in [2.24, 2.45) is 5.73 Å². The number of halogens is 1. The van der Waals surface area contributed by atoms with Gasteiger partial charge in [0.25, 0.3) is 0 Å². The van der Waals surface area contributed by atoms with Crippen molar-refractivity contribution in [3.05, 3.63) is 64.5 Å². The molecule has 1 unspecified atom stereocenters. The van der Waals surface area contributed by atoms with E-state index in [-0.39, 0.29) is 11.9 Å². The molecule has 0 bridgehead atoms. The molecule has 0 amide bonds. The second-order valence-corrected chi connectivity index (χ2v) is 5.78. The molecule has 0 aromatic heterocycles. The Bertz CT molecular complexity index is 597. The molecule has 3 heteroatoms. The maximum Gasteiger partial charge on any atom is 0.123 e. The average Bonchev–Trinajstić information content (AvgIpc) is 2.37. The van der Waals surface area contributed by atoms with Crippen molar-refractivity contribution in [2.75, 3.05) is 18.5 Å². The van der Waals surface area contributed by atoms with E-state index in [2.05, 4.69) is 37.8 Å². The van der Waals surface area contributed by atoms with E-state index in [0.717, 1.165) is 5.69 Å². The van der Waals surface area contributed by atoms with Crippen LogP contribution in [0.1, 0.15) is 28.3 Å². The van der Waals surface area contributed by atoms with Crippen molar-refractivity contribution < 1.29 is 4.39 Å². The molecule has 112 valence electrons. The van der Waals surface area contributed by atoms with Crippen LogP contribution in [0.5, 0.6) is 0 Å². The van der Waals surface area contributed by atoms with E-state index in [1.54, 1.807) is 12.1 Å². The maximum absolute atomic E-state index is 13.0. The summed E-state index contributed by atoms with van der Waals surface area (Å²) in [4.78, 5) is 2.06. The van der Waals surface area contributed by atoms with Gasteiger partial charge < -0.3 is 10.6 Å². The van der Waals surface area contributed by atoms with Crippen molar-refractivity contribution in [3.8, 4) is 0 Å². The van der Waals surface area contributed by atoms with Crippen molar-refractivity contribution in [2.45, 2.75) is 26.8 Å². The summed E-state index contributed by atoms with van der Waals surface area (Å²) < 4.78 is 13.0. The monoisotopic (exact) mass is 286 g/mol. The Morgan fingerprint density at radius 3 is 2.10 bits per heavy atom. The summed E-state index contributed by atoms with van der Waals surface area (Å²) in [6.45, 7) is 7.00. The van der Waals surface area contributed by atoms with E-state index in [4.69, 9.17) is 5.73 Å². The smallest absolute Gasteiger partial charge is 0.123 e. The average molecular weight is 286 g/mol. The SMILES string of the molecule is Cc1cc(C)c(C(N)CN(C)c2ccc(F)cc2)c(C)c1. The molecule has 0 radical (unpaired) electrons. The van der Waals surface area contributed by atoms with Crippen LogP contribution in [0.25, 0.3) is 0 Å². The lowest BCUT2D eigenvalue weighted by Gasteiger charge is -2.26. The Labute approximate surface area is 126 Å². The summed E-state index contributed by atoms with van der Waals surface area (Å²) in [6, 6.07) is 10.8. The first-order valence-electron chi connectivity index (χ1n) is 7.18. The number of rotatable bonds is 4. The zero-order chi connectivity index (χ0) is 15.6. The molecule has 2 nitrogen and oxygen atoms in total. The number of benzene rings is 2. The number of hydrogen-bond acceptors (Lipinski definition) is 2. The van der Waals surface area contributed by atoms with Gasteiger partial charge in [-0.15, -0.1) is 0 Å². The second kappa shape index (κ2) is 6.27. The summed E-state index contributed by atoms with van der Waals surface area (Å²) in [7, 11) is 1.98. The van der Waals surface area contributed by atoms with Crippen molar-refractivity contribution in [3.63, 3.8) is 0 Å². The fourth-order valence-electron chi connectivity index (χ4n) is 2.96. The van der Waals surface area contributed by atoms with Crippen LogP contribution in [0, 0.1) is 26.6 Å². The van der Waals surface area contributed by atoms with Gasteiger partial charge in [-0.1, -0.05) is 17.7 Å². The molecule has 2 aromatic carbocycles. The molecule has 0 aliphatic rings. The van der Waals surface area contributed by atoms with Gasteiger partial charge in [0.05, 0.1) is 0 Å². The zero-order valence-electron chi connectivity index (χ0n) is 13.2. The summed E-state index contributed by atoms with van der Waals surface area (Å²) in [6.07, 6.45) is 0. The van der Waals surface area contributed by atoms with E-state index in [9.17, 15) is 4.39 Å². The van der Waals surface area contributed by atoms with Crippen LogP contribution >= 0.6 is 0 Å². The molecule has 2 aromatic rings. The number of aryl methyl sites for hydroxylation is 3. The Kier molecular flexibility index (Phi) is 4.63. The van der Waals surface area contributed by atoms with Gasteiger partial charge in [0.1, 0.15) is 5.82 Å². The normalized spacial score (nSPS) is 12.3. The Morgan fingerprint density at radius 2 is 1.57 bits per heavy atom. The number of hydrogen-bond donors (Lipinski definition) is 1. The standard InChI is InChI=1S/C18H23FN2/c1-12-9-13(2)18(14(3)10-12)17(20)11-21(4)16-7-5-15(19)6-8-16/h5-10,17H,11,20H2,1-4H3. The summed E-state index contributed by atoms with van der Waals surface area (Å²) in [5.41, 5.74) is 12.3. The molecule has 2 N–H and O–H groups in total. The fraction of sp³-hybridized carbons (Fsp3) is 0.333. The zero-order valence-corrected chi connectivity index (χ0v) is 13.2. The van der Waals surface area contributed by atoms with Crippen LogP contribution in [0.4, 0.5) is 10.1 Å². The van der Waals surface area contributed by atoms with E-state index < -0.39 is 0 Å². The van der Waals surface area contributed by atoms with Gasteiger partial charge in [0.15, 0.2) is 0 Å². The van der Waals surface area contributed by atoms with Gasteiger partial charge >= 0.3 is 0 Å². The van der Waals surface area contributed by atoms with Gasteiger partial charge in [-0.2, -0.15) is 0 Å². The summed E-state index contributed by atoms with van der Waals surface area (Å²) in [5, 5.41) is 0. The highest BCUT2D eigenvalue weighted by atomic mass is 19.1. The van der Waals surface area contributed by atoms with Gasteiger partial charge in [-0.25, -0.2) is 4.39 Å². The van der Waals surface area contributed by atoms with E-state index in [0.29, 0.717) is 6.54 Å². The number of nitrogens with two attached hydrogens (primary N) is 1. The molecule has 0 spiro atoms.